The molecule has 0 atom stereocenters. The summed E-state index contributed by atoms with van der Waals surface area (Å²) in [6.45, 7) is 0. The second-order valence-electron chi connectivity index (χ2n) is 3.95. The highest BCUT2D eigenvalue weighted by atomic mass is 79.9. The van der Waals surface area contributed by atoms with Gasteiger partial charge in [0.2, 0.25) is 0 Å². The van der Waals surface area contributed by atoms with Crippen molar-refractivity contribution in [2.24, 2.45) is 0 Å². The second kappa shape index (κ2) is 6.81. The van der Waals surface area contributed by atoms with E-state index in [0.717, 1.165) is 0 Å². The second-order valence-corrected chi connectivity index (χ2v) is 7.01. The third kappa shape index (κ3) is 3.77. The zero-order valence-electron chi connectivity index (χ0n) is 10.3. The normalized spacial score (nSPS) is 10.3. The summed E-state index contributed by atoms with van der Waals surface area (Å²) in [5.41, 5.74) is 0.921. The van der Waals surface area contributed by atoms with Crippen LogP contribution in [0.15, 0.2) is 54.6 Å². The monoisotopic (exact) mass is 396 g/mol. The van der Waals surface area contributed by atoms with Crippen LogP contribution >= 0.6 is 31.9 Å². The van der Waals surface area contributed by atoms with E-state index in [4.69, 9.17) is 4.74 Å². The first-order valence-corrected chi connectivity index (χ1v) is 7.61. The van der Waals surface area contributed by atoms with Crippen molar-refractivity contribution < 1.29 is 14.3 Å². The van der Waals surface area contributed by atoms with E-state index in [1.165, 1.54) is 0 Å². The number of rotatable bonds is 4. The fraction of sp³-hybridized carbons (Fsp3) is 0.0667. The number of Topliss-reactive ketones (excluding diaryl/α,β-unsaturated/α-hetero) is 1. The number of hydrogen-bond donors (Lipinski definition) is 0. The molecule has 102 valence electrons. The maximum Gasteiger partial charge on any atom is 0.343 e. The average Bonchev–Trinajstić information content (AvgIpc) is 2.47. The molecule has 5 heteroatoms. The van der Waals surface area contributed by atoms with Crippen LogP contribution in [0, 0.1) is 0 Å². The smallest absolute Gasteiger partial charge is 0.343 e. The Morgan fingerprint density at radius 2 is 1.55 bits per heavy atom. The Labute approximate surface area is 133 Å². The van der Waals surface area contributed by atoms with E-state index in [9.17, 15) is 9.59 Å². The van der Waals surface area contributed by atoms with E-state index >= 15 is 0 Å². The number of benzene rings is 2. The third-order valence-corrected chi connectivity index (χ3v) is 3.37. The van der Waals surface area contributed by atoms with Crippen molar-refractivity contribution in [3.63, 3.8) is 0 Å². The van der Waals surface area contributed by atoms with Crippen LogP contribution < -0.4 is 4.74 Å². The molecule has 0 fully saturated rings. The van der Waals surface area contributed by atoms with Crippen molar-refractivity contribution in [2.75, 3.05) is 0 Å². The van der Waals surface area contributed by atoms with Crippen LogP contribution in [0.25, 0.3) is 0 Å². The Morgan fingerprint density at radius 3 is 2.20 bits per heavy atom. The molecule has 0 heterocycles. The first kappa shape index (κ1) is 14.9. The summed E-state index contributed by atoms with van der Waals surface area (Å²) in [5, 5.41) is 0. The molecule has 20 heavy (non-hydrogen) atoms. The third-order valence-electron chi connectivity index (χ3n) is 2.54. The number of hydrogen-bond acceptors (Lipinski definition) is 3. The molecular weight excluding hydrogens is 388 g/mol. The molecule has 0 aliphatic heterocycles. The molecular formula is C15H10Br2O3. The molecule has 0 unspecified atom stereocenters. The van der Waals surface area contributed by atoms with Gasteiger partial charge in [-0.25, -0.2) is 4.79 Å². The van der Waals surface area contributed by atoms with Crippen LogP contribution in [0.2, 0.25) is 0 Å². The van der Waals surface area contributed by atoms with Gasteiger partial charge in [-0.1, -0.05) is 62.2 Å². The van der Waals surface area contributed by atoms with E-state index in [1.807, 2.05) is 6.07 Å². The van der Waals surface area contributed by atoms with Crippen LogP contribution in [0.1, 0.15) is 20.7 Å². The van der Waals surface area contributed by atoms with Crippen molar-refractivity contribution in [3.05, 3.63) is 65.7 Å². The molecule has 3 nitrogen and oxygen atoms in total. The van der Waals surface area contributed by atoms with E-state index in [0.29, 0.717) is 16.9 Å². The maximum atomic E-state index is 11.9. The van der Waals surface area contributed by atoms with Gasteiger partial charge in [0.15, 0.2) is 5.78 Å². The minimum Gasteiger partial charge on any atom is -0.423 e. The van der Waals surface area contributed by atoms with Gasteiger partial charge in [0, 0.05) is 5.56 Å². The quantitative estimate of drug-likeness (QED) is 0.336. The first-order valence-electron chi connectivity index (χ1n) is 5.77. The van der Waals surface area contributed by atoms with Gasteiger partial charge in [-0.3, -0.25) is 4.79 Å². The lowest BCUT2D eigenvalue weighted by atomic mass is 10.1. The van der Waals surface area contributed by atoms with Crippen molar-refractivity contribution in [1.29, 1.82) is 0 Å². The van der Waals surface area contributed by atoms with E-state index in [2.05, 4.69) is 31.9 Å². The van der Waals surface area contributed by atoms with Crippen LogP contribution in [0.4, 0.5) is 0 Å². The number of alkyl halides is 2. The molecule has 0 aromatic heterocycles. The molecule has 0 spiro atoms. The molecule has 0 saturated heterocycles. The van der Waals surface area contributed by atoms with Gasteiger partial charge < -0.3 is 4.74 Å². The molecule has 2 aromatic rings. The average molecular weight is 398 g/mol. The largest absolute Gasteiger partial charge is 0.423 e. The summed E-state index contributed by atoms with van der Waals surface area (Å²) in [7, 11) is 0. The highest BCUT2D eigenvalue weighted by Crippen LogP contribution is 2.20. The minimum absolute atomic E-state index is 0.136. The molecule has 0 aliphatic carbocycles. The standard InChI is InChI=1S/C15H10Br2O3/c16-14(17)13(18)11-7-4-8-12(9-11)20-15(19)10-5-2-1-3-6-10/h1-9,14H. The number of halogens is 2. The molecule has 2 rings (SSSR count). The Morgan fingerprint density at radius 1 is 0.900 bits per heavy atom. The lowest BCUT2D eigenvalue weighted by Gasteiger charge is -2.06. The number of carbonyl (C=O) groups is 2. The Kier molecular flexibility index (Phi) is 5.09. The van der Waals surface area contributed by atoms with Crippen LogP contribution in [-0.2, 0) is 0 Å². The summed E-state index contributed by atoms with van der Waals surface area (Å²) in [6, 6.07) is 15.2. The Balaban J connectivity index is 2.16. The highest BCUT2D eigenvalue weighted by Gasteiger charge is 2.15. The predicted octanol–water partition coefficient (Wildman–Crippen LogP) is 4.20. The van der Waals surface area contributed by atoms with Gasteiger partial charge >= 0.3 is 5.97 Å². The Hall–Kier alpha value is -1.46. The summed E-state index contributed by atoms with van der Waals surface area (Å²) < 4.78 is 4.79. The fourth-order valence-corrected chi connectivity index (χ4v) is 2.11. The van der Waals surface area contributed by atoms with Crippen LogP contribution in [0.5, 0.6) is 5.75 Å². The van der Waals surface area contributed by atoms with Gasteiger partial charge in [0.25, 0.3) is 0 Å². The zero-order chi connectivity index (χ0) is 14.5. The topological polar surface area (TPSA) is 43.4 Å². The van der Waals surface area contributed by atoms with E-state index in [-0.39, 0.29) is 5.78 Å². The fourth-order valence-electron chi connectivity index (χ4n) is 1.58. The molecule has 0 aliphatic rings. The summed E-state index contributed by atoms with van der Waals surface area (Å²) in [4.78, 5) is 23.7. The number of esters is 1. The molecule has 0 radical (unpaired) electrons. The molecule has 0 amide bonds. The summed E-state index contributed by atoms with van der Waals surface area (Å²) >= 11 is 6.30. The molecule has 0 saturated carbocycles. The summed E-state index contributed by atoms with van der Waals surface area (Å²) in [5.74, 6) is -0.252. The lowest BCUT2D eigenvalue weighted by molar-refractivity contribution is 0.0733. The first-order chi connectivity index (χ1) is 9.58. The van der Waals surface area contributed by atoms with Crippen molar-refractivity contribution in [3.8, 4) is 5.75 Å². The number of ketones is 1. The van der Waals surface area contributed by atoms with Crippen molar-refractivity contribution in [2.45, 2.75) is 3.74 Å². The SMILES string of the molecule is O=C(Oc1cccc(C(=O)C(Br)Br)c1)c1ccccc1. The van der Waals surface area contributed by atoms with Gasteiger partial charge in [-0.15, -0.1) is 0 Å². The number of carbonyl (C=O) groups excluding carboxylic acids is 2. The Bertz CT molecular complexity index is 624. The molecule has 2 aromatic carbocycles. The van der Waals surface area contributed by atoms with E-state index in [1.54, 1.807) is 48.5 Å². The molecule has 0 N–H and O–H groups in total. The van der Waals surface area contributed by atoms with Crippen molar-refractivity contribution >= 4 is 43.6 Å². The van der Waals surface area contributed by atoms with Gasteiger partial charge in [-0.05, 0) is 24.3 Å². The highest BCUT2D eigenvalue weighted by molar-refractivity contribution is 9.25. The minimum atomic E-state index is -0.463. The van der Waals surface area contributed by atoms with Gasteiger partial charge in [0.05, 0.1) is 5.56 Å². The maximum absolute atomic E-state index is 11.9. The van der Waals surface area contributed by atoms with Gasteiger partial charge in [0.1, 0.15) is 9.49 Å². The summed E-state index contributed by atoms with van der Waals surface area (Å²) in [6.07, 6.45) is 0. The van der Waals surface area contributed by atoms with Crippen LogP contribution in [-0.4, -0.2) is 15.5 Å². The predicted molar refractivity (Wildman–Crippen MR) is 83.8 cm³/mol. The van der Waals surface area contributed by atoms with Gasteiger partial charge in [-0.2, -0.15) is 0 Å². The molecule has 0 bridgehead atoms. The zero-order valence-corrected chi connectivity index (χ0v) is 13.4. The van der Waals surface area contributed by atoms with Crippen LogP contribution in [0.3, 0.4) is 0 Å². The van der Waals surface area contributed by atoms with E-state index < -0.39 is 9.71 Å². The van der Waals surface area contributed by atoms with Crippen molar-refractivity contribution in [1.82, 2.24) is 0 Å². The number of ether oxygens (including phenoxy) is 1. The lowest BCUT2D eigenvalue weighted by Crippen LogP contribution is -2.10.